The molecule has 0 radical (unpaired) electrons. The minimum absolute atomic E-state index is 0.110. The molecule has 2 aromatic carbocycles. The van der Waals surface area contributed by atoms with Crippen molar-refractivity contribution in [1.82, 2.24) is 4.90 Å². The third-order valence-corrected chi connectivity index (χ3v) is 6.24. The van der Waals surface area contributed by atoms with Gasteiger partial charge in [-0.15, -0.1) is 0 Å². The first-order valence-electron chi connectivity index (χ1n) is 10.7. The molecular weight excluding hydrogens is 435 g/mol. The maximum atomic E-state index is 14.8. The minimum atomic E-state index is -0.994. The Hall–Kier alpha value is -2.74. The van der Waals surface area contributed by atoms with Crippen molar-refractivity contribution in [3.05, 3.63) is 76.1 Å². The smallest absolute Gasteiger partial charge is 0.295 e. The van der Waals surface area contributed by atoms with Crippen LogP contribution >= 0.6 is 11.6 Å². The summed E-state index contributed by atoms with van der Waals surface area (Å²) < 4.78 is 20.2. The summed E-state index contributed by atoms with van der Waals surface area (Å²) in [5.41, 5.74) is 0.411. The predicted octanol–water partition coefficient (Wildman–Crippen LogP) is 2.21. The molecule has 2 aliphatic heterocycles. The number of ether oxygens (including phenoxy) is 1. The lowest BCUT2D eigenvalue weighted by Crippen LogP contribution is -3.14. The Bertz CT molecular complexity index is 1030. The summed E-state index contributed by atoms with van der Waals surface area (Å²) in [5, 5.41) is 11.4. The fourth-order valence-corrected chi connectivity index (χ4v) is 4.43. The summed E-state index contributed by atoms with van der Waals surface area (Å²) in [4.78, 5) is 28.7. The van der Waals surface area contributed by atoms with Gasteiger partial charge in [-0.05, 0) is 30.3 Å². The lowest BCUT2D eigenvalue weighted by Gasteiger charge is -2.27. The molecule has 0 spiro atoms. The molecule has 1 amide bonds. The zero-order valence-electron chi connectivity index (χ0n) is 17.5. The van der Waals surface area contributed by atoms with Crippen LogP contribution in [0.15, 0.2) is 54.1 Å². The number of ketones is 1. The molecule has 0 saturated carbocycles. The average molecular weight is 460 g/mol. The van der Waals surface area contributed by atoms with E-state index in [1.54, 1.807) is 42.5 Å². The summed E-state index contributed by atoms with van der Waals surface area (Å²) in [5.74, 6) is -2.42. The Kier molecular flexibility index (Phi) is 6.89. The zero-order valence-corrected chi connectivity index (χ0v) is 18.3. The second kappa shape index (κ2) is 9.81. The summed E-state index contributed by atoms with van der Waals surface area (Å²) in [6.45, 7) is 4.30. The normalized spacial score (nSPS) is 21.3. The van der Waals surface area contributed by atoms with Crippen LogP contribution in [0.1, 0.15) is 23.6 Å². The number of amides is 1. The van der Waals surface area contributed by atoms with Gasteiger partial charge in [0.2, 0.25) is 0 Å². The molecule has 0 unspecified atom stereocenters. The summed E-state index contributed by atoms with van der Waals surface area (Å²) >= 11 is 5.93. The third-order valence-electron chi connectivity index (χ3n) is 5.99. The van der Waals surface area contributed by atoms with Gasteiger partial charge in [0, 0.05) is 29.1 Å². The molecular formula is C24H25ClFN2O4+. The lowest BCUT2D eigenvalue weighted by molar-refractivity contribution is -0.908. The number of halogens is 2. The molecule has 6 nitrogen and oxygen atoms in total. The lowest BCUT2D eigenvalue weighted by atomic mass is 9.95. The Morgan fingerprint density at radius 2 is 1.81 bits per heavy atom. The Balaban J connectivity index is 1.68. The van der Waals surface area contributed by atoms with Crippen molar-refractivity contribution in [2.45, 2.75) is 12.5 Å². The molecule has 168 valence electrons. The predicted molar refractivity (Wildman–Crippen MR) is 118 cm³/mol. The van der Waals surface area contributed by atoms with Crippen LogP contribution in [0.2, 0.25) is 5.02 Å². The molecule has 2 heterocycles. The molecule has 1 atom stereocenters. The van der Waals surface area contributed by atoms with E-state index in [2.05, 4.69) is 0 Å². The Morgan fingerprint density at radius 1 is 1.12 bits per heavy atom. The van der Waals surface area contributed by atoms with E-state index < -0.39 is 23.5 Å². The van der Waals surface area contributed by atoms with Gasteiger partial charge in [-0.3, -0.25) is 9.59 Å². The van der Waals surface area contributed by atoms with Crippen molar-refractivity contribution < 1.29 is 28.7 Å². The van der Waals surface area contributed by atoms with Gasteiger partial charge in [-0.25, -0.2) is 4.39 Å². The van der Waals surface area contributed by atoms with Gasteiger partial charge in [0.25, 0.3) is 11.7 Å². The summed E-state index contributed by atoms with van der Waals surface area (Å²) in [6.07, 6.45) is 0.647. The molecule has 2 aliphatic rings. The largest absolute Gasteiger partial charge is 0.507 e. The number of aliphatic hydroxyl groups is 1. The van der Waals surface area contributed by atoms with Crippen LogP contribution < -0.4 is 4.90 Å². The van der Waals surface area contributed by atoms with Crippen LogP contribution in [0.25, 0.3) is 5.76 Å². The van der Waals surface area contributed by atoms with E-state index in [1.807, 2.05) is 0 Å². The van der Waals surface area contributed by atoms with Crippen LogP contribution in [0.4, 0.5) is 4.39 Å². The first kappa shape index (κ1) is 22.5. The van der Waals surface area contributed by atoms with Gasteiger partial charge in [0.1, 0.15) is 24.7 Å². The van der Waals surface area contributed by atoms with E-state index in [9.17, 15) is 19.1 Å². The molecule has 2 fully saturated rings. The second-order valence-electron chi connectivity index (χ2n) is 7.99. The molecule has 2 N–H and O–H groups in total. The first-order valence-corrected chi connectivity index (χ1v) is 11.0. The van der Waals surface area contributed by atoms with Gasteiger partial charge in [0.15, 0.2) is 0 Å². The summed E-state index contributed by atoms with van der Waals surface area (Å²) in [7, 11) is 0. The van der Waals surface area contributed by atoms with E-state index in [4.69, 9.17) is 16.3 Å². The number of Topliss-reactive ketones (excluding diaryl/α,β-unsaturated/α-hetero) is 1. The van der Waals surface area contributed by atoms with E-state index in [0.29, 0.717) is 30.2 Å². The number of aliphatic hydroxyl groups excluding tert-OH is 1. The van der Waals surface area contributed by atoms with Crippen LogP contribution in [0.3, 0.4) is 0 Å². The molecule has 0 bridgehead atoms. The van der Waals surface area contributed by atoms with Gasteiger partial charge in [0.05, 0.1) is 31.4 Å². The zero-order chi connectivity index (χ0) is 22.7. The van der Waals surface area contributed by atoms with Crippen molar-refractivity contribution in [3.63, 3.8) is 0 Å². The van der Waals surface area contributed by atoms with Crippen molar-refractivity contribution in [2.24, 2.45) is 0 Å². The quantitative estimate of drug-likeness (QED) is 0.395. The van der Waals surface area contributed by atoms with Crippen molar-refractivity contribution in [1.29, 1.82) is 0 Å². The number of carbonyl (C=O) groups is 2. The number of rotatable bonds is 6. The standard InChI is InChI=1S/C24H24ClFN2O4/c25-17-8-6-16(7-9-17)22(29)20-21(18-4-1-2-5-19(18)26)28(24(31)23(20)30)11-3-10-27-12-14-32-15-13-27/h1-2,4-9,21,29H,3,10-15H2/p+1/t21-/m0/s1. The fraction of sp³-hybridized carbons (Fsp3) is 0.333. The number of benzene rings is 2. The van der Waals surface area contributed by atoms with E-state index in [-0.39, 0.29) is 23.4 Å². The van der Waals surface area contributed by atoms with Gasteiger partial charge >= 0.3 is 0 Å². The van der Waals surface area contributed by atoms with Gasteiger partial charge < -0.3 is 19.6 Å². The van der Waals surface area contributed by atoms with Crippen LogP contribution in [0.5, 0.6) is 0 Å². The highest BCUT2D eigenvalue weighted by molar-refractivity contribution is 6.46. The maximum Gasteiger partial charge on any atom is 0.295 e. The van der Waals surface area contributed by atoms with E-state index >= 15 is 0 Å². The van der Waals surface area contributed by atoms with Crippen molar-refractivity contribution in [3.8, 4) is 0 Å². The maximum absolute atomic E-state index is 14.8. The van der Waals surface area contributed by atoms with Gasteiger partial charge in [-0.1, -0.05) is 29.8 Å². The number of likely N-dealkylation sites (tertiary alicyclic amines) is 1. The fourth-order valence-electron chi connectivity index (χ4n) is 4.30. The monoisotopic (exact) mass is 459 g/mol. The van der Waals surface area contributed by atoms with E-state index in [0.717, 1.165) is 19.6 Å². The molecule has 0 aromatic heterocycles. The SMILES string of the molecule is O=C1C(=O)N(CCC[NH+]2CCOCC2)[C@@H](c2ccccc2F)C1=C(O)c1ccc(Cl)cc1. The molecule has 32 heavy (non-hydrogen) atoms. The number of hydrogen-bond donors (Lipinski definition) is 2. The van der Waals surface area contributed by atoms with Crippen molar-refractivity contribution >= 4 is 29.1 Å². The number of nitrogens with one attached hydrogen (secondary N) is 1. The summed E-state index contributed by atoms with van der Waals surface area (Å²) in [6, 6.07) is 11.3. The number of nitrogens with zero attached hydrogens (tertiary/aromatic N) is 1. The van der Waals surface area contributed by atoms with Crippen LogP contribution in [-0.4, -0.2) is 61.1 Å². The molecule has 8 heteroatoms. The van der Waals surface area contributed by atoms with E-state index in [1.165, 1.54) is 15.9 Å². The molecule has 2 aromatic rings. The number of carbonyl (C=O) groups excluding carboxylic acids is 2. The van der Waals surface area contributed by atoms with Crippen molar-refractivity contribution in [2.75, 3.05) is 39.4 Å². The number of quaternary nitrogens is 1. The minimum Gasteiger partial charge on any atom is -0.507 e. The topological polar surface area (TPSA) is 71.3 Å². The second-order valence-corrected chi connectivity index (χ2v) is 8.42. The highest BCUT2D eigenvalue weighted by Crippen LogP contribution is 2.40. The highest BCUT2D eigenvalue weighted by Gasteiger charge is 2.46. The van der Waals surface area contributed by atoms with Gasteiger partial charge in [-0.2, -0.15) is 0 Å². The number of morpholine rings is 1. The Labute approximate surface area is 190 Å². The Morgan fingerprint density at radius 3 is 2.50 bits per heavy atom. The molecule has 2 saturated heterocycles. The van der Waals surface area contributed by atoms with Crippen LogP contribution in [0, 0.1) is 5.82 Å². The number of hydrogen-bond acceptors (Lipinski definition) is 4. The third kappa shape index (κ3) is 4.55. The first-order chi connectivity index (χ1) is 15.5. The average Bonchev–Trinajstić information content (AvgIpc) is 3.05. The molecule has 4 rings (SSSR count). The molecule has 0 aliphatic carbocycles. The van der Waals surface area contributed by atoms with Crippen LogP contribution in [-0.2, 0) is 14.3 Å². The highest BCUT2D eigenvalue weighted by atomic mass is 35.5.